The summed E-state index contributed by atoms with van der Waals surface area (Å²) in [5.41, 5.74) is 0.929. The molecular weight excluding hydrogens is 266 g/mol. The van der Waals surface area contributed by atoms with Gasteiger partial charge in [0.1, 0.15) is 5.82 Å². The second-order valence-corrected chi connectivity index (χ2v) is 4.54. The van der Waals surface area contributed by atoms with Gasteiger partial charge in [0.15, 0.2) is 11.0 Å². The van der Waals surface area contributed by atoms with Gasteiger partial charge < -0.3 is 14.6 Å². The monoisotopic (exact) mass is 279 g/mol. The van der Waals surface area contributed by atoms with Gasteiger partial charge in [-0.15, -0.1) is 0 Å². The Labute approximate surface area is 116 Å². The van der Waals surface area contributed by atoms with Gasteiger partial charge in [0.05, 0.1) is 0 Å². The highest BCUT2D eigenvalue weighted by molar-refractivity contribution is 6.29. The normalized spacial score (nSPS) is 10.3. The van der Waals surface area contributed by atoms with Crippen LogP contribution in [0.3, 0.4) is 0 Å². The second kappa shape index (κ2) is 5.75. The summed E-state index contributed by atoms with van der Waals surface area (Å²) in [5, 5.41) is 2.96. The predicted octanol–water partition coefficient (Wildman–Crippen LogP) is 2.32. The lowest BCUT2D eigenvalue weighted by Crippen LogP contribution is -2.24. The Bertz CT molecular complexity index is 581. The molecule has 0 radical (unpaired) electrons. The van der Waals surface area contributed by atoms with E-state index in [1.54, 1.807) is 6.20 Å². The van der Waals surface area contributed by atoms with Crippen molar-refractivity contribution in [3.05, 3.63) is 47.0 Å². The van der Waals surface area contributed by atoms with Gasteiger partial charge in [-0.3, -0.25) is 4.79 Å². The van der Waals surface area contributed by atoms with E-state index in [0.717, 1.165) is 11.4 Å². The topological polar surface area (TPSA) is 58.4 Å². The van der Waals surface area contributed by atoms with Crippen molar-refractivity contribution >= 4 is 23.3 Å². The van der Waals surface area contributed by atoms with Crippen LogP contribution in [0.25, 0.3) is 0 Å². The third-order valence-corrected chi connectivity index (χ3v) is 2.73. The van der Waals surface area contributed by atoms with Crippen LogP contribution in [-0.4, -0.2) is 25.0 Å². The van der Waals surface area contributed by atoms with Crippen LogP contribution < -0.4 is 10.2 Å². The lowest BCUT2D eigenvalue weighted by Gasteiger charge is -2.15. The number of amides is 1. The maximum atomic E-state index is 11.8. The van der Waals surface area contributed by atoms with Gasteiger partial charge in [-0.2, -0.15) is 0 Å². The van der Waals surface area contributed by atoms with Crippen LogP contribution in [0.2, 0.25) is 5.22 Å². The summed E-state index contributed by atoms with van der Waals surface area (Å²) in [6.07, 6.45) is 1.72. The number of carbonyl (C=O) groups is 1. The minimum atomic E-state index is -0.305. The lowest BCUT2D eigenvalue weighted by molar-refractivity contribution is 0.0923. The highest BCUT2D eigenvalue weighted by atomic mass is 35.5. The van der Waals surface area contributed by atoms with E-state index in [9.17, 15) is 4.79 Å². The van der Waals surface area contributed by atoms with Crippen LogP contribution in [0.1, 0.15) is 16.1 Å². The molecule has 5 nitrogen and oxygen atoms in total. The van der Waals surface area contributed by atoms with Crippen LogP contribution >= 0.6 is 11.6 Å². The maximum absolute atomic E-state index is 11.8. The van der Waals surface area contributed by atoms with Crippen molar-refractivity contribution in [1.82, 2.24) is 10.3 Å². The van der Waals surface area contributed by atoms with E-state index in [0.29, 0.717) is 6.54 Å². The summed E-state index contributed by atoms with van der Waals surface area (Å²) in [4.78, 5) is 18.0. The van der Waals surface area contributed by atoms with Crippen molar-refractivity contribution in [3.8, 4) is 0 Å². The molecule has 0 fully saturated rings. The number of aromatic nitrogens is 1. The molecule has 0 aliphatic carbocycles. The third kappa shape index (κ3) is 3.26. The fraction of sp³-hybridized carbons (Fsp3) is 0.231. The molecule has 0 saturated heterocycles. The van der Waals surface area contributed by atoms with Crippen LogP contribution in [0.5, 0.6) is 0 Å². The van der Waals surface area contributed by atoms with Crippen molar-refractivity contribution in [2.24, 2.45) is 0 Å². The number of rotatable bonds is 4. The molecule has 0 aliphatic rings. The molecule has 0 spiro atoms. The maximum Gasteiger partial charge on any atom is 0.287 e. The van der Waals surface area contributed by atoms with Gasteiger partial charge in [-0.05, 0) is 29.8 Å². The van der Waals surface area contributed by atoms with E-state index in [1.807, 2.05) is 31.1 Å². The Morgan fingerprint density at radius 2 is 2.21 bits per heavy atom. The highest BCUT2D eigenvalue weighted by Gasteiger charge is 2.12. The first kappa shape index (κ1) is 13.4. The Kier molecular flexibility index (Phi) is 4.06. The summed E-state index contributed by atoms with van der Waals surface area (Å²) in [6, 6.07) is 6.82. The summed E-state index contributed by atoms with van der Waals surface area (Å²) < 4.78 is 5.04. The van der Waals surface area contributed by atoms with Gasteiger partial charge in [0.2, 0.25) is 0 Å². The number of halogens is 1. The highest BCUT2D eigenvalue weighted by Crippen LogP contribution is 2.15. The van der Waals surface area contributed by atoms with Gasteiger partial charge in [-0.1, -0.05) is 6.07 Å². The molecular formula is C13H14ClN3O2. The van der Waals surface area contributed by atoms with Gasteiger partial charge in [-0.25, -0.2) is 4.98 Å². The SMILES string of the molecule is CN(C)c1ncccc1CNC(=O)c1ccc(Cl)o1. The molecule has 0 aromatic carbocycles. The lowest BCUT2D eigenvalue weighted by atomic mass is 10.2. The predicted molar refractivity (Wildman–Crippen MR) is 73.5 cm³/mol. The summed E-state index contributed by atoms with van der Waals surface area (Å²) in [6.45, 7) is 0.374. The number of hydrogen-bond acceptors (Lipinski definition) is 4. The number of nitrogens with zero attached hydrogens (tertiary/aromatic N) is 2. The fourth-order valence-corrected chi connectivity index (χ4v) is 1.82. The van der Waals surface area contributed by atoms with Gasteiger partial charge in [0, 0.05) is 32.4 Å². The molecule has 2 aromatic rings. The number of nitrogens with one attached hydrogen (secondary N) is 1. The number of pyridine rings is 1. The molecule has 6 heteroatoms. The van der Waals surface area contributed by atoms with Crippen LogP contribution in [0.4, 0.5) is 5.82 Å². The van der Waals surface area contributed by atoms with E-state index < -0.39 is 0 Å². The van der Waals surface area contributed by atoms with Crippen LogP contribution in [0, 0.1) is 0 Å². The first-order valence-corrected chi connectivity index (χ1v) is 6.10. The van der Waals surface area contributed by atoms with Gasteiger partial charge >= 0.3 is 0 Å². The Hall–Kier alpha value is -2.01. The van der Waals surface area contributed by atoms with Crippen molar-refractivity contribution < 1.29 is 9.21 Å². The molecule has 1 N–H and O–H groups in total. The molecule has 2 heterocycles. The summed E-state index contributed by atoms with van der Waals surface area (Å²) in [7, 11) is 3.81. The van der Waals surface area contributed by atoms with Crippen molar-refractivity contribution in [1.29, 1.82) is 0 Å². The molecule has 0 bridgehead atoms. The van der Waals surface area contributed by atoms with Crippen LogP contribution in [-0.2, 0) is 6.54 Å². The minimum Gasteiger partial charge on any atom is -0.440 e. The number of hydrogen-bond donors (Lipinski definition) is 1. The molecule has 1 amide bonds. The smallest absolute Gasteiger partial charge is 0.287 e. The van der Waals surface area contributed by atoms with E-state index in [1.165, 1.54) is 12.1 Å². The second-order valence-electron chi connectivity index (χ2n) is 4.17. The zero-order valence-electron chi connectivity index (χ0n) is 10.7. The molecule has 0 atom stereocenters. The molecule has 0 unspecified atom stereocenters. The minimum absolute atomic E-state index is 0.195. The average molecular weight is 280 g/mol. The quantitative estimate of drug-likeness (QED) is 0.933. The number of carbonyl (C=O) groups excluding carboxylic acids is 1. The summed E-state index contributed by atoms with van der Waals surface area (Å²) >= 11 is 5.63. The van der Waals surface area contributed by atoms with Crippen molar-refractivity contribution in [2.45, 2.75) is 6.54 Å². The van der Waals surface area contributed by atoms with E-state index in [2.05, 4.69) is 10.3 Å². The standard InChI is InChI=1S/C13H14ClN3O2/c1-17(2)12-9(4-3-7-15-12)8-16-13(18)10-5-6-11(14)19-10/h3-7H,8H2,1-2H3,(H,16,18). The zero-order chi connectivity index (χ0) is 13.8. The zero-order valence-corrected chi connectivity index (χ0v) is 11.4. The molecule has 0 saturated carbocycles. The molecule has 19 heavy (non-hydrogen) atoms. The molecule has 2 rings (SSSR count). The molecule has 2 aromatic heterocycles. The molecule has 100 valence electrons. The van der Waals surface area contributed by atoms with Crippen LogP contribution in [0.15, 0.2) is 34.9 Å². The third-order valence-electron chi connectivity index (χ3n) is 2.53. The average Bonchev–Trinajstić information content (AvgIpc) is 2.83. The van der Waals surface area contributed by atoms with Gasteiger partial charge in [0.25, 0.3) is 5.91 Å². The molecule has 0 aliphatic heterocycles. The van der Waals surface area contributed by atoms with E-state index in [4.69, 9.17) is 16.0 Å². The summed E-state index contributed by atoms with van der Waals surface area (Å²) in [5.74, 6) is 0.709. The largest absolute Gasteiger partial charge is 0.440 e. The van der Waals surface area contributed by atoms with Crippen molar-refractivity contribution in [2.75, 3.05) is 19.0 Å². The van der Waals surface area contributed by atoms with E-state index in [-0.39, 0.29) is 16.9 Å². The first-order chi connectivity index (χ1) is 9.08. The Morgan fingerprint density at radius 1 is 1.42 bits per heavy atom. The first-order valence-electron chi connectivity index (χ1n) is 5.72. The Balaban J connectivity index is 2.05. The van der Waals surface area contributed by atoms with Crippen molar-refractivity contribution in [3.63, 3.8) is 0 Å². The number of anilines is 1. The number of furan rings is 1. The fourth-order valence-electron chi connectivity index (χ4n) is 1.67. The Morgan fingerprint density at radius 3 is 2.84 bits per heavy atom. The van der Waals surface area contributed by atoms with E-state index >= 15 is 0 Å².